The third kappa shape index (κ3) is 4.38. The van der Waals surface area contributed by atoms with E-state index in [1.807, 2.05) is 81.4 Å². The molecule has 0 aliphatic heterocycles. The summed E-state index contributed by atoms with van der Waals surface area (Å²) < 4.78 is 10.8. The van der Waals surface area contributed by atoms with Gasteiger partial charge in [0.2, 0.25) is 0 Å². The molecule has 0 fully saturated rings. The van der Waals surface area contributed by atoms with Gasteiger partial charge in [0.05, 0.1) is 12.7 Å². The molecular formula is C24H24N2O3. The maximum absolute atomic E-state index is 12.4. The first-order valence-electron chi connectivity index (χ1n) is 9.52. The van der Waals surface area contributed by atoms with Gasteiger partial charge in [-0.3, -0.25) is 0 Å². The highest BCUT2D eigenvalue weighted by atomic mass is 16.5. The van der Waals surface area contributed by atoms with Crippen molar-refractivity contribution >= 4 is 5.97 Å². The van der Waals surface area contributed by atoms with E-state index in [2.05, 4.69) is 11.1 Å². The molecule has 0 radical (unpaired) electrons. The number of hydrogen-bond acceptors (Lipinski definition) is 5. The van der Waals surface area contributed by atoms with Gasteiger partial charge in [0, 0.05) is 11.8 Å². The summed E-state index contributed by atoms with van der Waals surface area (Å²) in [5, 5.41) is 10.1. The van der Waals surface area contributed by atoms with Crippen molar-refractivity contribution in [2.45, 2.75) is 38.0 Å². The minimum Gasteiger partial charge on any atom is -0.461 e. The smallest absolute Gasteiger partial charge is 0.360 e. The first-order chi connectivity index (χ1) is 13.9. The second kappa shape index (κ2) is 8.32. The molecule has 0 N–H and O–H groups in total. The first-order valence-corrected chi connectivity index (χ1v) is 9.52. The van der Waals surface area contributed by atoms with Crippen molar-refractivity contribution in [3.63, 3.8) is 0 Å². The van der Waals surface area contributed by atoms with E-state index in [1.165, 1.54) is 6.26 Å². The molecule has 0 atom stereocenters. The van der Waals surface area contributed by atoms with E-state index in [-0.39, 0.29) is 17.7 Å². The minimum absolute atomic E-state index is 0.0773. The van der Waals surface area contributed by atoms with Gasteiger partial charge >= 0.3 is 5.97 Å². The number of ether oxygens (including phenoxy) is 1. The predicted octanol–water partition coefficient (Wildman–Crippen LogP) is 5.03. The lowest BCUT2D eigenvalue weighted by Gasteiger charge is -2.27. The van der Waals surface area contributed by atoms with E-state index in [9.17, 15) is 10.1 Å². The van der Waals surface area contributed by atoms with Crippen LogP contribution in [0.15, 0.2) is 71.3 Å². The van der Waals surface area contributed by atoms with Crippen molar-refractivity contribution in [3.8, 4) is 6.07 Å². The number of rotatable bonds is 6. The lowest BCUT2D eigenvalue weighted by atomic mass is 9.73. The second-order valence-corrected chi connectivity index (χ2v) is 7.92. The van der Waals surface area contributed by atoms with Gasteiger partial charge in [0.1, 0.15) is 11.7 Å². The van der Waals surface area contributed by atoms with Crippen LogP contribution in [-0.2, 0) is 15.6 Å². The van der Waals surface area contributed by atoms with E-state index >= 15 is 0 Å². The van der Waals surface area contributed by atoms with Crippen molar-refractivity contribution < 1.29 is 13.9 Å². The molecule has 0 saturated carbocycles. The van der Waals surface area contributed by atoms with Gasteiger partial charge in [-0.05, 0) is 11.1 Å². The SMILES string of the molecule is CC(C)(C)c1nc(C(=O)OCCC(C#N)(c2ccccc2)c2ccccc2)co1. The Bertz CT molecular complexity index is 956. The van der Waals surface area contributed by atoms with E-state index in [0.717, 1.165) is 11.1 Å². The van der Waals surface area contributed by atoms with Crippen molar-refractivity contribution in [3.05, 3.63) is 89.6 Å². The maximum Gasteiger partial charge on any atom is 0.360 e. The molecular weight excluding hydrogens is 364 g/mol. The highest BCUT2D eigenvalue weighted by molar-refractivity contribution is 5.86. The summed E-state index contributed by atoms with van der Waals surface area (Å²) >= 11 is 0. The van der Waals surface area contributed by atoms with Gasteiger partial charge in [-0.25, -0.2) is 9.78 Å². The summed E-state index contributed by atoms with van der Waals surface area (Å²) in [6.45, 7) is 5.94. The fourth-order valence-electron chi connectivity index (χ4n) is 3.17. The van der Waals surface area contributed by atoms with E-state index in [0.29, 0.717) is 12.3 Å². The van der Waals surface area contributed by atoms with Crippen LogP contribution < -0.4 is 0 Å². The fraction of sp³-hybridized carbons (Fsp3) is 0.292. The Morgan fingerprint density at radius 2 is 1.59 bits per heavy atom. The molecule has 1 aromatic heterocycles. The molecule has 0 saturated heterocycles. The molecule has 3 aromatic rings. The van der Waals surface area contributed by atoms with Gasteiger partial charge < -0.3 is 9.15 Å². The number of hydrogen-bond donors (Lipinski definition) is 0. The van der Waals surface area contributed by atoms with E-state index in [1.54, 1.807) is 0 Å². The van der Waals surface area contributed by atoms with Crippen LogP contribution >= 0.6 is 0 Å². The maximum atomic E-state index is 12.4. The molecule has 0 spiro atoms. The number of nitriles is 1. The van der Waals surface area contributed by atoms with Crippen LogP contribution in [0.2, 0.25) is 0 Å². The molecule has 0 unspecified atom stereocenters. The van der Waals surface area contributed by atoms with Crippen molar-refractivity contribution in [2.24, 2.45) is 0 Å². The average Bonchev–Trinajstić information content (AvgIpc) is 3.24. The van der Waals surface area contributed by atoms with Crippen molar-refractivity contribution in [1.82, 2.24) is 4.98 Å². The van der Waals surface area contributed by atoms with Crippen LogP contribution in [0.1, 0.15) is 54.7 Å². The van der Waals surface area contributed by atoms with E-state index < -0.39 is 11.4 Å². The van der Waals surface area contributed by atoms with Crippen LogP contribution in [-0.4, -0.2) is 17.6 Å². The summed E-state index contributed by atoms with van der Waals surface area (Å²) in [5.74, 6) is -0.0818. The zero-order valence-electron chi connectivity index (χ0n) is 16.9. The average molecular weight is 388 g/mol. The molecule has 148 valence electrons. The van der Waals surface area contributed by atoms with Crippen LogP contribution in [0.3, 0.4) is 0 Å². The van der Waals surface area contributed by atoms with Crippen LogP contribution in [0, 0.1) is 11.3 Å². The Morgan fingerprint density at radius 3 is 2.03 bits per heavy atom. The second-order valence-electron chi connectivity index (χ2n) is 7.92. The summed E-state index contributed by atoms with van der Waals surface area (Å²) in [6.07, 6.45) is 1.64. The monoisotopic (exact) mass is 388 g/mol. The zero-order chi connectivity index (χ0) is 20.9. The first kappa shape index (κ1) is 20.3. The molecule has 3 rings (SSSR count). The summed E-state index contributed by atoms with van der Waals surface area (Å²) in [5.41, 5.74) is 0.650. The Balaban J connectivity index is 1.79. The molecule has 0 aliphatic carbocycles. The highest BCUT2D eigenvalue weighted by Crippen LogP contribution is 2.35. The van der Waals surface area contributed by atoms with Crippen LogP contribution in [0.4, 0.5) is 0 Å². The molecule has 2 aromatic carbocycles. The summed E-state index contributed by atoms with van der Waals surface area (Å²) in [7, 11) is 0. The Kier molecular flexibility index (Phi) is 5.84. The number of carbonyl (C=O) groups excluding carboxylic acids is 1. The predicted molar refractivity (Wildman–Crippen MR) is 109 cm³/mol. The fourth-order valence-corrected chi connectivity index (χ4v) is 3.17. The lowest BCUT2D eigenvalue weighted by Crippen LogP contribution is -2.28. The molecule has 29 heavy (non-hydrogen) atoms. The van der Waals surface area contributed by atoms with Gasteiger partial charge in [-0.2, -0.15) is 5.26 Å². The lowest BCUT2D eigenvalue weighted by molar-refractivity contribution is 0.0481. The standard InChI is InChI=1S/C24H24N2O3/c1-23(2,3)22-26-20(16-29-22)21(27)28-15-14-24(17-25,18-10-6-4-7-11-18)19-12-8-5-9-13-19/h4-13,16H,14-15H2,1-3H3. The van der Waals surface area contributed by atoms with Gasteiger partial charge in [0.25, 0.3) is 0 Å². The molecule has 5 heteroatoms. The Labute approximate surface area is 171 Å². The number of benzene rings is 2. The third-order valence-electron chi connectivity index (χ3n) is 4.79. The van der Waals surface area contributed by atoms with Crippen LogP contribution in [0.25, 0.3) is 0 Å². The molecule has 0 aliphatic rings. The highest BCUT2D eigenvalue weighted by Gasteiger charge is 2.35. The molecule has 0 bridgehead atoms. The largest absolute Gasteiger partial charge is 0.461 e. The van der Waals surface area contributed by atoms with Crippen LogP contribution in [0.5, 0.6) is 0 Å². The molecule has 5 nitrogen and oxygen atoms in total. The quantitative estimate of drug-likeness (QED) is 0.554. The summed E-state index contributed by atoms with van der Waals surface area (Å²) in [6, 6.07) is 21.6. The number of oxazole rings is 1. The molecule has 0 amide bonds. The third-order valence-corrected chi connectivity index (χ3v) is 4.79. The number of carbonyl (C=O) groups is 1. The zero-order valence-corrected chi connectivity index (χ0v) is 16.9. The van der Waals surface area contributed by atoms with E-state index in [4.69, 9.17) is 9.15 Å². The minimum atomic E-state index is -0.913. The Hall–Kier alpha value is -3.39. The number of esters is 1. The van der Waals surface area contributed by atoms with Gasteiger partial charge in [-0.15, -0.1) is 0 Å². The number of nitrogens with zero attached hydrogens (tertiary/aromatic N) is 2. The number of aromatic nitrogens is 1. The normalized spacial score (nSPS) is 11.7. The van der Waals surface area contributed by atoms with Crippen molar-refractivity contribution in [1.29, 1.82) is 5.26 Å². The topological polar surface area (TPSA) is 76.1 Å². The Morgan fingerprint density at radius 1 is 1.03 bits per heavy atom. The summed E-state index contributed by atoms with van der Waals surface area (Å²) in [4.78, 5) is 16.6. The van der Waals surface area contributed by atoms with Gasteiger partial charge in [-0.1, -0.05) is 81.4 Å². The van der Waals surface area contributed by atoms with Gasteiger partial charge in [0.15, 0.2) is 11.6 Å². The van der Waals surface area contributed by atoms with Crippen molar-refractivity contribution in [2.75, 3.05) is 6.61 Å². The molecule has 1 heterocycles.